The zero-order valence-corrected chi connectivity index (χ0v) is 8.62. The zero-order chi connectivity index (χ0) is 10.4. The van der Waals surface area contributed by atoms with Gasteiger partial charge in [-0.25, -0.2) is 0 Å². The Bertz CT molecular complexity index is 326. The van der Waals surface area contributed by atoms with E-state index in [9.17, 15) is 0 Å². The summed E-state index contributed by atoms with van der Waals surface area (Å²) in [6.07, 6.45) is 5.59. The molecule has 0 N–H and O–H groups in total. The minimum absolute atomic E-state index is 0.875. The highest BCUT2D eigenvalue weighted by Crippen LogP contribution is 2.19. The molecule has 0 saturated carbocycles. The molecule has 0 unspecified atom stereocenters. The van der Waals surface area contributed by atoms with Crippen molar-refractivity contribution in [3.8, 4) is 5.75 Å². The van der Waals surface area contributed by atoms with Crippen LogP contribution in [0.5, 0.6) is 5.75 Å². The summed E-state index contributed by atoms with van der Waals surface area (Å²) in [6, 6.07) is 6.12. The fraction of sp³-hybridized carbons (Fsp3) is 0.231. The van der Waals surface area contributed by atoms with Crippen LogP contribution >= 0.6 is 0 Å². The Hall–Kier alpha value is -1.50. The molecule has 0 radical (unpaired) electrons. The van der Waals surface area contributed by atoms with Gasteiger partial charge in [0.2, 0.25) is 0 Å². The molecular formula is C13H16O. The molecule has 0 spiro atoms. The summed E-state index contributed by atoms with van der Waals surface area (Å²) in [7, 11) is 1.68. The second-order valence-corrected chi connectivity index (χ2v) is 3.12. The van der Waals surface area contributed by atoms with E-state index in [0.717, 1.165) is 18.6 Å². The lowest BCUT2D eigenvalue weighted by Crippen LogP contribution is -1.93. The molecule has 74 valence electrons. The number of hydrogen-bond donors (Lipinski definition) is 0. The molecule has 1 rings (SSSR count). The van der Waals surface area contributed by atoms with Gasteiger partial charge in [-0.05, 0) is 36.1 Å². The van der Waals surface area contributed by atoms with Crippen molar-refractivity contribution >= 4 is 0 Å². The molecule has 0 aliphatic heterocycles. The first-order valence-corrected chi connectivity index (χ1v) is 4.69. The zero-order valence-electron chi connectivity index (χ0n) is 8.62. The van der Waals surface area contributed by atoms with Crippen LogP contribution in [0.15, 0.2) is 43.5 Å². The number of hydrogen-bond acceptors (Lipinski definition) is 1. The molecule has 0 saturated heterocycles. The molecule has 0 amide bonds. The largest absolute Gasteiger partial charge is 0.497 e. The maximum atomic E-state index is 5.17. The summed E-state index contributed by atoms with van der Waals surface area (Å²) >= 11 is 0. The molecule has 14 heavy (non-hydrogen) atoms. The highest BCUT2D eigenvalue weighted by Gasteiger charge is 2.01. The molecule has 1 aromatic carbocycles. The normalized spacial score (nSPS) is 9.50. The quantitative estimate of drug-likeness (QED) is 0.645. The molecule has 1 heteroatoms. The molecule has 0 fully saturated rings. The topological polar surface area (TPSA) is 9.23 Å². The van der Waals surface area contributed by atoms with Crippen LogP contribution in [0.3, 0.4) is 0 Å². The van der Waals surface area contributed by atoms with E-state index in [2.05, 4.69) is 25.3 Å². The fourth-order valence-electron chi connectivity index (χ4n) is 1.43. The molecule has 0 aliphatic carbocycles. The number of ether oxygens (including phenoxy) is 1. The van der Waals surface area contributed by atoms with E-state index in [1.165, 1.54) is 11.1 Å². The van der Waals surface area contributed by atoms with Gasteiger partial charge in [-0.1, -0.05) is 18.2 Å². The Morgan fingerprint density at radius 3 is 2.36 bits per heavy atom. The van der Waals surface area contributed by atoms with Crippen molar-refractivity contribution in [2.45, 2.75) is 12.8 Å². The van der Waals surface area contributed by atoms with E-state index in [0.29, 0.717) is 0 Å². The summed E-state index contributed by atoms with van der Waals surface area (Å²) < 4.78 is 5.17. The maximum absolute atomic E-state index is 5.17. The first kappa shape index (κ1) is 10.6. The average Bonchev–Trinajstić information content (AvgIpc) is 2.21. The van der Waals surface area contributed by atoms with Crippen LogP contribution in [-0.4, -0.2) is 7.11 Å². The second kappa shape index (κ2) is 5.28. The van der Waals surface area contributed by atoms with E-state index in [4.69, 9.17) is 4.74 Å². The van der Waals surface area contributed by atoms with Gasteiger partial charge in [-0.15, -0.1) is 13.2 Å². The molecule has 0 aliphatic rings. The van der Waals surface area contributed by atoms with Crippen molar-refractivity contribution in [2.75, 3.05) is 7.11 Å². The van der Waals surface area contributed by atoms with Crippen molar-refractivity contribution in [1.29, 1.82) is 0 Å². The van der Waals surface area contributed by atoms with E-state index < -0.39 is 0 Å². The van der Waals surface area contributed by atoms with Crippen molar-refractivity contribution < 1.29 is 4.74 Å². The van der Waals surface area contributed by atoms with Crippen molar-refractivity contribution in [3.63, 3.8) is 0 Å². The lowest BCUT2D eigenvalue weighted by atomic mass is 10.0. The third kappa shape index (κ3) is 2.49. The number of allylic oxidation sites excluding steroid dienone is 2. The fourth-order valence-corrected chi connectivity index (χ4v) is 1.43. The monoisotopic (exact) mass is 188 g/mol. The molecule has 0 atom stereocenters. The molecule has 0 aromatic heterocycles. The average molecular weight is 188 g/mol. The van der Waals surface area contributed by atoms with Crippen LogP contribution in [-0.2, 0) is 12.8 Å². The van der Waals surface area contributed by atoms with Crippen LogP contribution in [0.2, 0.25) is 0 Å². The Morgan fingerprint density at radius 1 is 1.14 bits per heavy atom. The van der Waals surface area contributed by atoms with Gasteiger partial charge in [0.05, 0.1) is 7.11 Å². The summed E-state index contributed by atoms with van der Waals surface area (Å²) in [5.41, 5.74) is 2.56. The standard InChI is InChI=1S/C13H16O/c1-4-6-11-8-9-13(14-3)10-12(11)7-5-2/h4-5,8-10H,1-2,6-7H2,3H3. The first-order valence-electron chi connectivity index (χ1n) is 4.69. The van der Waals surface area contributed by atoms with Crippen molar-refractivity contribution in [2.24, 2.45) is 0 Å². The smallest absolute Gasteiger partial charge is 0.119 e. The lowest BCUT2D eigenvalue weighted by molar-refractivity contribution is 0.414. The Kier molecular flexibility index (Phi) is 3.99. The van der Waals surface area contributed by atoms with Crippen LogP contribution in [0, 0.1) is 0 Å². The number of rotatable bonds is 5. The number of methoxy groups -OCH3 is 1. The van der Waals surface area contributed by atoms with E-state index in [-0.39, 0.29) is 0 Å². The van der Waals surface area contributed by atoms with Crippen molar-refractivity contribution in [1.82, 2.24) is 0 Å². The van der Waals surface area contributed by atoms with E-state index in [1.54, 1.807) is 7.11 Å². The summed E-state index contributed by atoms with van der Waals surface area (Å²) in [6.45, 7) is 7.49. The highest BCUT2D eigenvalue weighted by atomic mass is 16.5. The third-order valence-electron chi connectivity index (χ3n) is 2.14. The van der Waals surface area contributed by atoms with Crippen LogP contribution in [0.1, 0.15) is 11.1 Å². The summed E-state index contributed by atoms with van der Waals surface area (Å²) in [5, 5.41) is 0. The van der Waals surface area contributed by atoms with Crippen LogP contribution < -0.4 is 4.74 Å². The minimum Gasteiger partial charge on any atom is -0.497 e. The van der Waals surface area contributed by atoms with Gasteiger partial charge in [0, 0.05) is 0 Å². The van der Waals surface area contributed by atoms with Crippen LogP contribution in [0.4, 0.5) is 0 Å². The Labute approximate surface area is 85.7 Å². The van der Waals surface area contributed by atoms with Crippen LogP contribution in [0.25, 0.3) is 0 Å². The molecular weight excluding hydrogens is 172 g/mol. The van der Waals surface area contributed by atoms with Gasteiger partial charge in [0.25, 0.3) is 0 Å². The SMILES string of the molecule is C=CCc1ccc(OC)cc1CC=C. The molecule has 0 heterocycles. The van der Waals surface area contributed by atoms with Gasteiger partial charge in [-0.2, -0.15) is 0 Å². The lowest BCUT2D eigenvalue weighted by Gasteiger charge is -2.08. The summed E-state index contributed by atoms with van der Waals surface area (Å²) in [4.78, 5) is 0. The summed E-state index contributed by atoms with van der Waals surface area (Å²) in [5.74, 6) is 0.898. The van der Waals surface area contributed by atoms with Gasteiger partial charge in [-0.3, -0.25) is 0 Å². The molecule has 1 nitrogen and oxygen atoms in total. The number of benzene rings is 1. The highest BCUT2D eigenvalue weighted by molar-refractivity contribution is 5.37. The van der Waals surface area contributed by atoms with Gasteiger partial charge >= 0.3 is 0 Å². The third-order valence-corrected chi connectivity index (χ3v) is 2.14. The predicted octanol–water partition coefficient (Wildman–Crippen LogP) is 3.15. The maximum Gasteiger partial charge on any atom is 0.119 e. The Morgan fingerprint density at radius 2 is 1.79 bits per heavy atom. The van der Waals surface area contributed by atoms with Gasteiger partial charge in [0.15, 0.2) is 0 Å². The minimum atomic E-state index is 0.875. The first-order chi connectivity index (χ1) is 6.81. The van der Waals surface area contributed by atoms with Gasteiger partial charge in [0.1, 0.15) is 5.75 Å². The Balaban J connectivity index is 3.02. The molecule has 0 bridgehead atoms. The van der Waals surface area contributed by atoms with Gasteiger partial charge < -0.3 is 4.74 Å². The van der Waals surface area contributed by atoms with E-state index >= 15 is 0 Å². The second-order valence-electron chi connectivity index (χ2n) is 3.12. The predicted molar refractivity (Wildman–Crippen MR) is 60.8 cm³/mol. The van der Waals surface area contributed by atoms with Crippen molar-refractivity contribution in [3.05, 3.63) is 54.6 Å². The van der Waals surface area contributed by atoms with E-state index in [1.807, 2.05) is 18.2 Å². The molecule has 1 aromatic rings.